The van der Waals surface area contributed by atoms with Crippen LogP contribution in [0.4, 0.5) is 0 Å². The molecule has 1 fully saturated rings. The van der Waals surface area contributed by atoms with Gasteiger partial charge in [-0.25, -0.2) is 0 Å². The highest BCUT2D eigenvalue weighted by atomic mass is 15.5. The molecule has 1 aromatic carbocycles. The lowest BCUT2D eigenvalue weighted by Gasteiger charge is -2.26. The van der Waals surface area contributed by atoms with E-state index in [0.717, 1.165) is 29.9 Å². The minimum atomic E-state index is 0.715. The van der Waals surface area contributed by atoms with E-state index in [1.807, 2.05) is 30.3 Å². The third kappa shape index (κ3) is 3.67. The van der Waals surface area contributed by atoms with Crippen LogP contribution in [-0.2, 0) is 6.54 Å². The molecular weight excluding hydrogens is 262 g/mol. The van der Waals surface area contributed by atoms with Gasteiger partial charge in [-0.1, -0.05) is 38.0 Å². The van der Waals surface area contributed by atoms with Crippen LogP contribution >= 0.6 is 0 Å². The van der Waals surface area contributed by atoms with Gasteiger partial charge in [-0.15, -0.1) is 5.10 Å². The smallest absolute Gasteiger partial charge is 0.170 e. The van der Waals surface area contributed by atoms with Crippen molar-refractivity contribution in [1.29, 1.82) is 0 Å². The molecule has 0 saturated heterocycles. The second kappa shape index (κ2) is 6.80. The van der Waals surface area contributed by atoms with Crippen molar-refractivity contribution in [2.45, 2.75) is 39.2 Å². The van der Waals surface area contributed by atoms with Crippen molar-refractivity contribution >= 4 is 0 Å². The van der Waals surface area contributed by atoms with Crippen molar-refractivity contribution in [3.05, 3.63) is 36.2 Å². The van der Waals surface area contributed by atoms with E-state index >= 15 is 0 Å². The first kappa shape index (κ1) is 14.2. The highest BCUT2D eigenvalue weighted by Crippen LogP contribution is 2.27. The molecule has 5 heteroatoms. The fourth-order valence-electron chi connectivity index (χ4n) is 3.22. The van der Waals surface area contributed by atoms with Crippen LogP contribution in [0.25, 0.3) is 5.69 Å². The molecule has 1 aliphatic carbocycles. The molecule has 0 spiro atoms. The average Bonchev–Trinajstić information content (AvgIpc) is 2.97. The minimum absolute atomic E-state index is 0.715. The third-order valence-electron chi connectivity index (χ3n) is 4.30. The zero-order valence-corrected chi connectivity index (χ0v) is 12.6. The lowest BCUT2D eigenvalue weighted by atomic mass is 9.82. The van der Waals surface area contributed by atoms with Crippen molar-refractivity contribution in [1.82, 2.24) is 25.5 Å². The van der Waals surface area contributed by atoms with E-state index in [1.165, 1.54) is 25.7 Å². The number of rotatable bonds is 5. The van der Waals surface area contributed by atoms with Gasteiger partial charge in [0.25, 0.3) is 0 Å². The number of nitrogens with one attached hydrogen (secondary N) is 1. The van der Waals surface area contributed by atoms with Gasteiger partial charge in [0.15, 0.2) is 5.82 Å². The number of hydrogen-bond donors (Lipinski definition) is 1. The van der Waals surface area contributed by atoms with E-state index in [9.17, 15) is 0 Å². The second-order valence-corrected chi connectivity index (χ2v) is 6.11. The fourth-order valence-corrected chi connectivity index (χ4v) is 3.22. The molecular formula is C16H23N5. The normalized spacial score (nSPS) is 22.3. The Hall–Kier alpha value is -1.75. The first-order chi connectivity index (χ1) is 10.3. The molecule has 5 nitrogen and oxygen atoms in total. The van der Waals surface area contributed by atoms with Crippen molar-refractivity contribution in [3.8, 4) is 5.69 Å². The van der Waals surface area contributed by atoms with Gasteiger partial charge in [-0.3, -0.25) is 0 Å². The molecule has 2 aromatic rings. The number of benzene rings is 1. The van der Waals surface area contributed by atoms with Crippen LogP contribution in [0.1, 0.15) is 38.4 Å². The molecule has 3 rings (SSSR count). The van der Waals surface area contributed by atoms with Gasteiger partial charge in [0.05, 0.1) is 12.2 Å². The number of nitrogens with zero attached hydrogens (tertiary/aromatic N) is 4. The zero-order valence-electron chi connectivity index (χ0n) is 12.6. The highest BCUT2D eigenvalue weighted by molar-refractivity contribution is 5.30. The van der Waals surface area contributed by atoms with E-state index in [0.29, 0.717) is 6.54 Å². The maximum atomic E-state index is 4.13. The molecule has 21 heavy (non-hydrogen) atoms. The first-order valence-corrected chi connectivity index (χ1v) is 7.86. The van der Waals surface area contributed by atoms with Crippen LogP contribution < -0.4 is 5.32 Å². The number of para-hydroxylation sites is 1. The van der Waals surface area contributed by atoms with Gasteiger partial charge < -0.3 is 5.32 Å². The summed E-state index contributed by atoms with van der Waals surface area (Å²) in [6.45, 7) is 4.14. The Morgan fingerprint density at radius 1 is 1.24 bits per heavy atom. The topological polar surface area (TPSA) is 55.6 Å². The van der Waals surface area contributed by atoms with E-state index in [-0.39, 0.29) is 0 Å². The van der Waals surface area contributed by atoms with E-state index in [4.69, 9.17) is 0 Å². The minimum Gasteiger partial charge on any atom is -0.310 e. The van der Waals surface area contributed by atoms with Gasteiger partial charge in [0, 0.05) is 0 Å². The molecule has 1 aliphatic rings. The Bertz CT molecular complexity index is 551. The third-order valence-corrected chi connectivity index (χ3v) is 4.30. The predicted molar refractivity (Wildman–Crippen MR) is 82.0 cm³/mol. The summed E-state index contributed by atoms with van der Waals surface area (Å²) in [7, 11) is 0. The molecule has 0 radical (unpaired) electrons. The molecule has 2 unspecified atom stereocenters. The van der Waals surface area contributed by atoms with Gasteiger partial charge in [0.2, 0.25) is 0 Å². The molecule has 1 saturated carbocycles. The summed E-state index contributed by atoms with van der Waals surface area (Å²) < 4.78 is 1.80. The van der Waals surface area contributed by atoms with E-state index < -0.39 is 0 Å². The molecule has 0 bridgehead atoms. The van der Waals surface area contributed by atoms with Crippen molar-refractivity contribution in [2.24, 2.45) is 11.8 Å². The first-order valence-electron chi connectivity index (χ1n) is 7.86. The average molecular weight is 285 g/mol. The van der Waals surface area contributed by atoms with Crippen molar-refractivity contribution in [2.75, 3.05) is 6.54 Å². The Labute approximate surface area is 125 Å². The summed E-state index contributed by atoms with van der Waals surface area (Å²) in [6.07, 6.45) is 5.45. The Morgan fingerprint density at radius 2 is 2.10 bits per heavy atom. The number of tetrazole rings is 1. The van der Waals surface area contributed by atoms with Crippen LogP contribution in [0.3, 0.4) is 0 Å². The maximum absolute atomic E-state index is 4.13. The lowest BCUT2D eigenvalue weighted by molar-refractivity contribution is 0.273. The van der Waals surface area contributed by atoms with Gasteiger partial charge in [-0.05, 0) is 53.8 Å². The lowest BCUT2D eigenvalue weighted by Crippen LogP contribution is -2.27. The number of hydrogen-bond acceptors (Lipinski definition) is 4. The van der Waals surface area contributed by atoms with Crippen LogP contribution in [0, 0.1) is 11.8 Å². The molecule has 0 aliphatic heterocycles. The Morgan fingerprint density at radius 3 is 2.90 bits per heavy atom. The zero-order chi connectivity index (χ0) is 14.5. The van der Waals surface area contributed by atoms with Crippen LogP contribution in [-0.4, -0.2) is 26.8 Å². The van der Waals surface area contributed by atoms with Gasteiger partial charge >= 0.3 is 0 Å². The quantitative estimate of drug-likeness (QED) is 0.917. The summed E-state index contributed by atoms with van der Waals surface area (Å²) in [5.74, 6) is 2.54. The van der Waals surface area contributed by atoms with Crippen molar-refractivity contribution in [3.63, 3.8) is 0 Å². The van der Waals surface area contributed by atoms with Crippen LogP contribution in [0.15, 0.2) is 30.3 Å². The summed E-state index contributed by atoms with van der Waals surface area (Å²) in [5.41, 5.74) is 1.01. The summed E-state index contributed by atoms with van der Waals surface area (Å²) >= 11 is 0. The predicted octanol–water partition coefficient (Wildman–Crippen LogP) is 2.58. The van der Waals surface area contributed by atoms with Gasteiger partial charge in [-0.2, -0.15) is 4.68 Å². The molecule has 2 atom stereocenters. The van der Waals surface area contributed by atoms with Crippen molar-refractivity contribution < 1.29 is 0 Å². The van der Waals surface area contributed by atoms with Crippen LogP contribution in [0.2, 0.25) is 0 Å². The SMILES string of the molecule is CC1CCCC(CNCc2nnnn2-c2ccccc2)C1. The van der Waals surface area contributed by atoms with E-state index in [1.54, 1.807) is 4.68 Å². The molecule has 1 heterocycles. The summed E-state index contributed by atoms with van der Waals surface area (Å²) in [5, 5.41) is 15.5. The molecule has 112 valence electrons. The Kier molecular flexibility index (Phi) is 4.60. The van der Waals surface area contributed by atoms with Crippen LogP contribution in [0.5, 0.6) is 0 Å². The summed E-state index contributed by atoms with van der Waals surface area (Å²) in [4.78, 5) is 0. The monoisotopic (exact) mass is 285 g/mol. The summed E-state index contributed by atoms with van der Waals surface area (Å²) in [6, 6.07) is 10.0. The Balaban J connectivity index is 1.55. The maximum Gasteiger partial charge on any atom is 0.170 e. The van der Waals surface area contributed by atoms with E-state index in [2.05, 4.69) is 27.8 Å². The molecule has 1 N–H and O–H groups in total. The van der Waals surface area contributed by atoms with Gasteiger partial charge in [0.1, 0.15) is 0 Å². The number of aromatic nitrogens is 4. The molecule has 0 amide bonds. The molecule has 1 aromatic heterocycles. The standard InChI is InChI=1S/C16H23N5/c1-13-6-5-7-14(10-13)11-17-12-16-18-19-20-21(16)15-8-3-2-4-9-15/h2-4,8-9,13-14,17H,5-7,10-12H2,1H3. The fraction of sp³-hybridized carbons (Fsp3) is 0.562. The largest absolute Gasteiger partial charge is 0.310 e. The second-order valence-electron chi connectivity index (χ2n) is 6.11. The highest BCUT2D eigenvalue weighted by Gasteiger charge is 2.18.